The molecule has 0 amide bonds. The van der Waals surface area contributed by atoms with E-state index in [1.54, 1.807) is 0 Å². The Hall–Kier alpha value is -0.380. The largest absolute Gasteiger partial charge is 0.308 e. The molecule has 3 heteroatoms. The molecule has 1 aliphatic heterocycles. The summed E-state index contributed by atoms with van der Waals surface area (Å²) < 4.78 is 0. The summed E-state index contributed by atoms with van der Waals surface area (Å²) in [6.07, 6.45) is 2.83. The van der Waals surface area contributed by atoms with Crippen molar-refractivity contribution in [2.24, 2.45) is 11.8 Å². The topological polar surface area (TPSA) is 15.3 Å². The quantitative estimate of drug-likeness (QED) is 0.905. The molecule has 1 aromatic heterocycles. The van der Waals surface area contributed by atoms with Crippen molar-refractivity contribution in [1.29, 1.82) is 0 Å². The van der Waals surface area contributed by atoms with Crippen molar-refractivity contribution in [2.45, 2.75) is 58.2 Å². The van der Waals surface area contributed by atoms with Crippen LogP contribution in [0.2, 0.25) is 0 Å². The van der Waals surface area contributed by atoms with E-state index in [4.69, 9.17) is 0 Å². The van der Waals surface area contributed by atoms with Crippen molar-refractivity contribution in [3.05, 3.63) is 22.4 Å². The van der Waals surface area contributed by atoms with E-state index in [1.165, 1.54) is 24.3 Å². The van der Waals surface area contributed by atoms with Gasteiger partial charge in [-0.3, -0.25) is 4.90 Å². The van der Waals surface area contributed by atoms with Crippen molar-refractivity contribution in [1.82, 2.24) is 10.2 Å². The molecule has 0 aromatic carbocycles. The number of rotatable bonds is 4. The molecule has 2 heterocycles. The van der Waals surface area contributed by atoms with Crippen LogP contribution in [0.1, 0.15) is 51.5 Å². The van der Waals surface area contributed by atoms with Gasteiger partial charge in [-0.15, -0.1) is 11.3 Å². The molecule has 0 spiro atoms. The molecule has 2 aliphatic rings. The number of hydrogen-bond donors (Lipinski definition) is 1. The van der Waals surface area contributed by atoms with E-state index in [0.717, 1.165) is 12.5 Å². The van der Waals surface area contributed by atoms with E-state index in [9.17, 15) is 0 Å². The van der Waals surface area contributed by atoms with Gasteiger partial charge in [0.25, 0.3) is 0 Å². The Balaban J connectivity index is 1.84. The van der Waals surface area contributed by atoms with E-state index < -0.39 is 0 Å². The Labute approximate surface area is 127 Å². The zero-order chi connectivity index (χ0) is 14.3. The molecule has 2 nitrogen and oxygen atoms in total. The van der Waals surface area contributed by atoms with Crippen molar-refractivity contribution in [2.75, 3.05) is 13.1 Å². The summed E-state index contributed by atoms with van der Waals surface area (Å²) in [7, 11) is 0. The summed E-state index contributed by atoms with van der Waals surface area (Å²) in [6.45, 7) is 11.9. The number of nitrogens with zero attached hydrogens (tertiary/aromatic N) is 1. The highest BCUT2D eigenvalue weighted by atomic mass is 32.1. The molecule has 2 fully saturated rings. The molecule has 3 atom stereocenters. The summed E-state index contributed by atoms with van der Waals surface area (Å²) in [6, 6.07) is 5.71. The number of piperazine rings is 1. The Kier molecular flexibility index (Phi) is 3.95. The molecule has 1 saturated carbocycles. The lowest BCUT2D eigenvalue weighted by Gasteiger charge is -2.49. The zero-order valence-electron chi connectivity index (χ0n) is 13.2. The van der Waals surface area contributed by atoms with E-state index >= 15 is 0 Å². The Bertz CT molecular complexity index is 438. The maximum Gasteiger partial charge on any atom is 0.0468 e. The zero-order valence-corrected chi connectivity index (χ0v) is 14.0. The predicted octanol–water partition coefficient (Wildman–Crippen LogP) is 3.91. The van der Waals surface area contributed by atoms with Crippen molar-refractivity contribution in [3.8, 4) is 0 Å². The van der Waals surface area contributed by atoms with Crippen LogP contribution in [0.15, 0.2) is 17.5 Å². The van der Waals surface area contributed by atoms with Crippen LogP contribution in [-0.4, -0.2) is 29.6 Å². The smallest absolute Gasteiger partial charge is 0.0468 e. The normalized spacial score (nSPS) is 33.5. The molecule has 1 saturated heterocycles. The molecule has 3 unspecified atom stereocenters. The first-order valence-electron chi connectivity index (χ1n) is 8.05. The summed E-state index contributed by atoms with van der Waals surface area (Å²) in [5, 5.41) is 6.06. The molecular formula is C17H28N2S. The minimum Gasteiger partial charge on any atom is -0.308 e. The van der Waals surface area contributed by atoms with Gasteiger partial charge in [-0.2, -0.15) is 0 Å². The molecule has 112 valence electrons. The third-order valence-corrected chi connectivity index (χ3v) is 6.12. The first-order chi connectivity index (χ1) is 9.51. The van der Waals surface area contributed by atoms with Gasteiger partial charge in [-0.05, 0) is 50.0 Å². The van der Waals surface area contributed by atoms with Gasteiger partial charge >= 0.3 is 0 Å². The lowest BCUT2D eigenvalue weighted by molar-refractivity contribution is 0.0291. The molecule has 1 aliphatic carbocycles. The molecule has 1 N–H and O–H groups in total. The molecule has 0 bridgehead atoms. The summed E-state index contributed by atoms with van der Waals surface area (Å²) in [4.78, 5) is 4.30. The van der Waals surface area contributed by atoms with Crippen LogP contribution in [0.4, 0.5) is 0 Å². The second-order valence-corrected chi connectivity index (χ2v) is 8.28. The van der Waals surface area contributed by atoms with E-state index in [0.29, 0.717) is 23.5 Å². The van der Waals surface area contributed by atoms with Crippen LogP contribution in [-0.2, 0) is 0 Å². The fraction of sp³-hybridized carbons (Fsp3) is 0.765. The highest BCUT2D eigenvalue weighted by Crippen LogP contribution is 2.44. The van der Waals surface area contributed by atoms with E-state index in [1.807, 2.05) is 11.3 Å². The minimum absolute atomic E-state index is 0.330. The number of hydrogen-bond acceptors (Lipinski definition) is 3. The van der Waals surface area contributed by atoms with Crippen LogP contribution in [0.25, 0.3) is 0 Å². The molecule has 3 rings (SSSR count). The van der Waals surface area contributed by atoms with Gasteiger partial charge in [-0.25, -0.2) is 0 Å². The van der Waals surface area contributed by atoms with E-state index in [-0.39, 0.29) is 0 Å². The molecular weight excluding hydrogens is 264 g/mol. The maximum atomic E-state index is 3.84. The number of thiophene rings is 1. The van der Waals surface area contributed by atoms with Crippen molar-refractivity contribution >= 4 is 11.3 Å². The SMILES string of the molecule is CC(C)C(c1cccs1)N1CC(C)(C2CC2)NCC1C. The highest BCUT2D eigenvalue weighted by Gasteiger charge is 2.47. The summed E-state index contributed by atoms with van der Waals surface area (Å²) in [5.41, 5.74) is 0.330. The Morgan fingerprint density at radius 1 is 1.40 bits per heavy atom. The number of nitrogens with one attached hydrogen (secondary N) is 1. The Morgan fingerprint density at radius 3 is 2.70 bits per heavy atom. The van der Waals surface area contributed by atoms with Gasteiger partial charge in [0.05, 0.1) is 0 Å². The third kappa shape index (κ3) is 2.68. The van der Waals surface area contributed by atoms with Crippen molar-refractivity contribution < 1.29 is 0 Å². The average molecular weight is 292 g/mol. The monoisotopic (exact) mass is 292 g/mol. The first kappa shape index (κ1) is 14.6. The molecule has 0 radical (unpaired) electrons. The van der Waals surface area contributed by atoms with Crippen LogP contribution in [0.3, 0.4) is 0 Å². The Morgan fingerprint density at radius 2 is 2.15 bits per heavy atom. The fourth-order valence-corrected chi connectivity index (χ4v) is 4.81. The minimum atomic E-state index is 0.330. The third-order valence-electron chi connectivity index (χ3n) is 5.18. The molecule has 1 aromatic rings. The van der Waals surface area contributed by atoms with Gasteiger partial charge in [0.1, 0.15) is 0 Å². The van der Waals surface area contributed by atoms with Crippen LogP contribution in [0, 0.1) is 11.8 Å². The van der Waals surface area contributed by atoms with Gasteiger partial charge in [0.15, 0.2) is 0 Å². The lowest BCUT2D eigenvalue weighted by Crippen LogP contribution is -2.64. The van der Waals surface area contributed by atoms with Crippen LogP contribution < -0.4 is 5.32 Å². The lowest BCUT2D eigenvalue weighted by atomic mass is 9.88. The van der Waals surface area contributed by atoms with Gasteiger partial charge in [0.2, 0.25) is 0 Å². The van der Waals surface area contributed by atoms with Gasteiger partial charge in [0, 0.05) is 35.6 Å². The van der Waals surface area contributed by atoms with Crippen LogP contribution in [0.5, 0.6) is 0 Å². The molecule has 20 heavy (non-hydrogen) atoms. The second kappa shape index (κ2) is 5.43. The van der Waals surface area contributed by atoms with Gasteiger partial charge < -0.3 is 5.32 Å². The second-order valence-electron chi connectivity index (χ2n) is 7.30. The fourth-order valence-electron chi connectivity index (χ4n) is 3.79. The first-order valence-corrected chi connectivity index (χ1v) is 8.93. The standard InChI is InChI=1S/C17H28N2S/c1-12(2)16(15-6-5-9-20-15)19-11-17(4,14-7-8-14)18-10-13(19)3/h5-6,9,12-14,16,18H,7-8,10-11H2,1-4H3. The average Bonchev–Trinajstić information content (AvgIpc) is 3.13. The van der Waals surface area contributed by atoms with Crippen LogP contribution >= 0.6 is 11.3 Å². The summed E-state index contributed by atoms with van der Waals surface area (Å²) >= 11 is 1.92. The van der Waals surface area contributed by atoms with Crippen molar-refractivity contribution in [3.63, 3.8) is 0 Å². The maximum absolute atomic E-state index is 3.84. The predicted molar refractivity (Wildman–Crippen MR) is 87.2 cm³/mol. The highest BCUT2D eigenvalue weighted by molar-refractivity contribution is 7.10. The summed E-state index contributed by atoms with van der Waals surface area (Å²) in [5.74, 6) is 1.56. The van der Waals surface area contributed by atoms with E-state index in [2.05, 4.69) is 55.4 Å². The van der Waals surface area contributed by atoms with Gasteiger partial charge in [-0.1, -0.05) is 19.9 Å².